The predicted molar refractivity (Wildman–Crippen MR) is 53.2 cm³/mol. The summed E-state index contributed by atoms with van der Waals surface area (Å²) in [7, 11) is 0. The van der Waals surface area contributed by atoms with Gasteiger partial charge < -0.3 is 22.1 Å². The first kappa shape index (κ1) is 18.9. The third-order valence-electron chi connectivity index (χ3n) is 2.03. The van der Waals surface area contributed by atoms with E-state index in [1.165, 1.54) is 13.8 Å². The molecule has 0 aliphatic rings. The number of amides is 1. The number of rotatable bonds is 6. The Morgan fingerprint density at radius 2 is 1.94 bits per heavy atom. The second-order valence-electron chi connectivity index (χ2n) is 3.98. The Hall–Kier alpha value is 0.496. The molecule has 16 heavy (non-hydrogen) atoms. The molecule has 1 amide bonds. The van der Waals surface area contributed by atoms with Gasteiger partial charge in [-0.2, -0.15) is 0 Å². The number of aliphatic hydroxyl groups is 2. The summed E-state index contributed by atoms with van der Waals surface area (Å²) in [6.07, 6.45) is -1.55. The van der Waals surface area contributed by atoms with Crippen LogP contribution in [0.1, 0.15) is 21.7 Å². The van der Waals surface area contributed by atoms with Crippen LogP contribution in [0.5, 0.6) is 0 Å². The fraction of sp³-hybridized carbons (Fsp3) is 0.778. The van der Waals surface area contributed by atoms with Crippen LogP contribution >= 0.6 is 0 Å². The van der Waals surface area contributed by atoms with Crippen LogP contribution in [0, 0.1) is 5.41 Å². The van der Waals surface area contributed by atoms with E-state index in [9.17, 15) is 14.7 Å². The van der Waals surface area contributed by atoms with Crippen LogP contribution in [-0.4, -0.2) is 46.5 Å². The summed E-state index contributed by atoms with van der Waals surface area (Å²) in [4.78, 5) is 21.4. The van der Waals surface area contributed by atoms with Crippen molar-refractivity contribution in [2.24, 2.45) is 5.41 Å². The Kier molecular flexibility index (Phi) is 10.1. The Morgan fingerprint density at radius 3 is 2.31 bits per heavy atom. The van der Waals surface area contributed by atoms with E-state index in [4.69, 9.17) is 10.2 Å². The van der Waals surface area contributed by atoms with E-state index in [-0.39, 0.29) is 72.4 Å². The number of aliphatic hydroxyl groups excluding tert-OH is 2. The summed E-state index contributed by atoms with van der Waals surface area (Å²) in [5, 5.41) is 29.0. The topological polar surface area (TPSA) is 107 Å². The van der Waals surface area contributed by atoms with Gasteiger partial charge in [-0.15, -0.1) is 0 Å². The van der Waals surface area contributed by atoms with Crippen molar-refractivity contribution in [1.29, 1.82) is 0 Å². The second-order valence-corrected chi connectivity index (χ2v) is 3.98. The molecule has 1 atom stereocenters. The van der Waals surface area contributed by atoms with Crippen LogP contribution < -0.4 is 56.7 Å². The van der Waals surface area contributed by atoms with Gasteiger partial charge in [0.15, 0.2) is 0 Å². The summed E-state index contributed by atoms with van der Waals surface area (Å²) in [6.45, 7) is 2.70. The second kappa shape index (κ2) is 8.57. The van der Waals surface area contributed by atoms with Gasteiger partial charge in [0.05, 0.1) is 13.0 Å². The first-order valence-electron chi connectivity index (χ1n) is 4.59. The summed E-state index contributed by atoms with van der Waals surface area (Å²) >= 11 is 0. The molecule has 0 fully saturated rings. The van der Waals surface area contributed by atoms with Crippen LogP contribution in [0.25, 0.3) is 0 Å². The summed E-state index contributed by atoms with van der Waals surface area (Å²) in [6, 6.07) is 0. The van der Waals surface area contributed by atoms with Crippen molar-refractivity contribution in [3.63, 3.8) is 0 Å². The SMILES string of the molecule is CC(C)(CO)[C@H](O)C(=O)NCCC(=O)O.[H-].[K+]. The molecular formula is C9H18KNO5. The molecule has 0 aromatic carbocycles. The zero-order valence-corrected chi connectivity index (χ0v) is 13.0. The van der Waals surface area contributed by atoms with Crippen LogP contribution in [0.3, 0.4) is 0 Å². The molecule has 0 rings (SSSR count). The minimum Gasteiger partial charge on any atom is -1.00 e. The van der Waals surface area contributed by atoms with Gasteiger partial charge in [0.25, 0.3) is 0 Å². The van der Waals surface area contributed by atoms with Gasteiger partial charge in [-0.05, 0) is 0 Å². The molecule has 7 heteroatoms. The number of hydrogen-bond acceptors (Lipinski definition) is 4. The van der Waals surface area contributed by atoms with Gasteiger partial charge in [0.2, 0.25) is 5.91 Å². The van der Waals surface area contributed by atoms with Gasteiger partial charge in [0, 0.05) is 12.0 Å². The van der Waals surface area contributed by atoms with E-state index in [1.807, 2.05) is 0 Å². The van der Waals surface area contributed by atoms with Crippen LogP contribution in [0.4, 0.5) is 0 Å². The maximum absolute atomic E-state index is 11.3. The molecule has 0 heterocycles. The summed E-state index contributed by atoms with van der Waals surface area (Å²) in [5.74, 6) is -1.69. The summed E-state index contributed by atoms with van der Waals surface area (Å²) < 4.78 is 0. The third-order valence-corrected chi connectivity index (χ3v) is 2.03. The Labute approximate surface area is 138 Å². The zero-order valence-electron chi connectivity index (χ0n) is 10.9. The van der Waals surface area contributed by atoms with Crippen LogP contribution in [0.2, 0.25) is 0 Å². The maximum atomic E-state index is 11.3. The van der Waals surface area contributed by atoms with Crippen molar-refractivity contribution in [2.45, 2.75) is 26.4 Å². The molecule has 90 valence electrons. The monoisotopic (exact) mass is 259 g/mol. The van der Waals surface area contributed by atoms with Crippen molar-refractivity contribution >= 4 is 11.9 Å². The molecule has 0 aliphatic heterocycles. The molecule has 0 aromatic rings. The Bertz CT molecular complexity index is 250. The van der Waals surface area contributed by atoms with Gasteiger partial charge in [-0.3, -0.25) is 9.59 Å². The van der Waals surface area contributed by atoms with Gasteiger partial charge in [0.1, 0.15) is 6.10 Å². The van der Waals surface area contributed by atoms with E-state index < -0.39 is 23.4 Å². The van der Waals surface area contributed by atoms with Crippen molar-refractivity contribution in [2.75, 3.05) is 13.2 Å². The largest absolute Gasteiger partial charge is 1.00 e. The average Bonchev–Trinajstić information content (AvgIpc) is 2.15. The quantitative estimate of drug-likeness (QED) is 0.365. The molecule has 0 aromatic heterocycles. The summed E-state index contributed by atoms with van der Waals surface area (Å²) in [5.41, 5.74) is -0.937. The molecule has 6 nitrogen and oxygen atoms in total. The van der Waals surface area contributed by atoms with Gasteiger partial charge >= 0.3 is 57.4 Å². The smallest absolute Gasteiger partial charge is 1.00 e. The molecule has 0 bridgehead atoms. The zero-order chi connectivity index (χ0) is 12.1. The number of aliphatic carboxylic acids is 1. The van der Waals surface area contributed by atoms with Gasteiger partial charge in [-0.25, -0.2) is 0 Å². The Balaban J connectivity index is -0.000000980. The minimum absolute atomic E-state index is 0. The number of carbonyl (C=O) groups is 2. The molecule has 0 spiro atoms. The molecule has 0 saturated heterocycles. The fourth-order valence-electron chi connectivity index (χ4n) is 0.831. The first-order chi connectivity index (χ1) is 6.81. The maximum Gasteiger partial charge on any atom is 1.00 e. The molecule has 4 N–H and O–H groups in total. The molecule has 0 saturated carbocycles. The number of carbonyl (C=O) groups excluding carboxylic acids is 1. The van der Waals surface area contributed by atoms with Crippen molar-refractivity contribution < 1.29 is 77.7 Å². The number of carboxylic acid groups (broad SMARTS) is 1. The van der Waals surface area contributed by atoms with E-state index in [1.54, 1.807) is 0 Å². The van der Waals surface area contributed by atoms with Crippen molar-refractivity contribution in [3.8, 4) is 0 Å². The molecule has 0 unspecified atom stereocenters. The Morgan fingerprint density at radius 1 is 1.44 bits per heavy atom. The van der Waals surface area contributed by atoms with E-state index >= 15 is 0 Å². The van der Waals surface area contributed by atoms with Crippen LogP contribution in [0.15, 0.2) is 0 Å². The minimum atomic E-state index is -1.35. The van der Waals surface area contributed by atoms with E-state index in [2.05, 4.69) is 5.32 Å². The molecule has 0 aliphatic carbocycles. The van der Waals surface area contributed by atoms with Crippen LogP contribution in [-0.2, 0) is 9.59 Å². The first-order valence-corrected chi connectivity index (χ1v) is 4.59. The third kappa shape index (κ3) is 6.95. The fourth-order valence-corrected chi connectivity index (χ4v) is 0.831. The number of hydrogen-bond donors (Lipinski definition) is 4. The normalized spacial score (nSPS) is 12.5. The van der Waals surface area contributed by atoms with Crippen molar-refractivity contribution in [3.05, 3.63) is 0 Å². The standard InChI is InChI=1S/C9H17NO5.K.H/c1-9(2,5-11)7(14)8(15)10-4-3-6(12)13;;/h7,11,14H,3-5H2,1-2H3,(H,10,15)(H,12,13);;/q;+1;-1/t7-;;/m1../s1. The average molecular weight is 259 g/mol. The van der Waals surface area contributed by atoms with E-state index in [0.29, 0.717) is 0 Å². The van der Waals surface area contributed by atoms with E-state index in [0.717, 1.165) is 0 Å². The predicted octanol–water partition coefficient (Wildman–Crippen LogP) is -3.93. The molecular weight excluding hydrogens is 241 g/mol. The number of carboxylic acids is 1. The number of nitrogens with one attached hydrogen (secondary N) is 1. The van der Waals surface area contributed by atoms with Crippen molar-refractivity contribution in [1.82, 2.24) is 5.32 Å². The molecule has 0 radical (unpaired) electrons. The van der Waals surface area contributed by atoms with Gasteiger partial charge in [-0.1, -0.05) is 13.8 Å².